The average molecular weight is 979 g/mol. The van der Waals surface area contributed by atoms with E-state index < -0.39 is 11.9 Å². The van der Waals surface area contributed by atoms with Crippen LogP contribution in [0.1, 0.15) is 20.7 Å². The maximum absolute atomic E-state index is 11.0. The van der Waals surface area contributed by atoms with Crippen LogP contribution in [0.4, 0.5) is 0 Å². The molecule has 6 heterocycles. The van der Waals surface area contributed by atoms with Crippen molar-refractivity contribution < 1.29 is 61.9 Å². The normalized spacial score (nSPS) is 9.96. The third-order valence-corrected chi connectivity index (χ3v) is 7.86. The molecule has 2 aromatic carbocycles. The second-order valence-electron chi connectivity index (χ2n) is 11.3. The van der Waals surface area contributed by atoms with Gasteiger partial charge in [-0.2, -0.15) is 0 Å². The van der Waals surface area contributed by atoms with E-state index in [1.54, 1.807) is 98.6 Å². The largest absolute Gasteiger partial charge is 2.00 e. The quantitative estimate of drug-likeness (QED) is 0.210. The van der Waals surface area contributed by atoms with Crippen molar-refractivity contribution in [1.29, 1.82) is 0 Å². The topological polar surface area (TPSA) is 266 Å². The SMILES string of the molecule is O=C([O-])c1ccc(-c2cc(-c3cnccn3)nc(-c3cnccn3)c2)cc1.O=C([O-])c1ccc(-c2cc(-c3cnccn3)nc(-c3cnccn3)c2)cc1.[O-2].[O-2].[U]. The van der Waals surface area contributed by atoms with E-state index in [2.05, 4.69) is 49.8 Å². The van der Waals surface area contributed by atoms with Crippen molar-refractivity contribution in [3.63, 3.8) is 0 Å². The molecule has 0 aliphatic heterocycles. The van der Waals surface area contributed by atoms with E-state index in [0.29, 0.717) is 45.6 Å². The number of benzene rings is 2. The molecule has 0 aliphatic carbocycles. The minimum atomic E-state index is -1.21. The predicted molar refractivity (Wildman–Crippen MR) is 193 cm³/mol. The standard InChI is InChI=1S/2C20H13N5O2.2O.U/c2*26-20(27)14-3-1-13(2-4-14)15-9-16(18-11-21-5-7-23-18)25-17(10-15)19-12-22-6-8-24-19;;;/h2*1-12H,(H,26,27);;;/q;;2*-2;/p-2. The molecule has 0 spiro atoms. The van der Waals surface area contributed by atoms with E-state index >= 15 is 0 Å². The van der Waals surface area contributed by atoms with Crippen LogP contribution in [-0.2, 0) is 11.0 Å². The molecule has 280 valence electrons. The molecule has 0 saturated heterocycles. The van der Waals surface area contributed by atoms with Crippen molar-refractivity contribution in [2.75, 3.05) is 0 Å². The number of carboxylic acids is 2. The number of carboxylic acid groups (broad SMARTS) is 2. The molecule has 0 aliphatic rings. The number of aromatic nitrogens is 10. The zero-order valence-electron chi connectivity index (χ0n) is 29.3. The molecule has 16 nitrogen and oxygen atoms in total. The van der Waals surface area contributed by atoms with Gasteiger partial charge in [0, 0.05) is 80.7 Å². The summed E-state index contributed by atoms with van der Waals surface area (Å²) in [5.74, 6) is -2.42. The zero-order valence-corrected chi connectivity index (χ0v) is 33.4. The minimum Gasteiger partial charge on any atom is -2.00 e. The fraction of sp³-hybridized carbons (Fsp3) is 0. The maximum Gasteiger partial charge on any atom is 0.107 e. The fourth-order valence-corrected chi connectivity index (χ4v) is 5.24. The second-order valence-corrected chi connectivity index (χ2v) is 11.3. The molecule has 17 heteroatoms. The third kappa shape index (κ3) is 10.6. The van der Waals surface area contributed by atoms with E-state index in [9.17, 15) is 19.8 Å². The molecular formula is C40H24N10O6U-6. The Bertz CT molecular complexity index is 2250. The number of hydrogen-bond acceptors (Lipinski definition) is 14. The molecule has 0 fully saturated rings. The van der Waals surface area contributed by atoms with Gasteiger partial charge in [-0.1, -0.05) is 48.5 Å². The molecule has 8 aromatic rings. The van der Waals surface area contributed by atoms with E-state index in [0.717, 1.165) is 22.3 Å². The molecule has 0 radical (unpaired) electrons. The summed E-state index contributed by atoms with van der Waals surface area (Å²) in [6.07, 6.45) is 19.3. The van der Waals surface area contributed by atoms with Gasteiger partial charge in [0.05, 0.1) is 59.5 Å². The molecule has 6 aromatic heterocycles. The van der Waals surface area contributed by atoms with Gasteiger partial charge in [-0.15, -0.1) is 0 Å². The van der Waals surface area contributed by atoms with Gasteiger partial charge in [0.1, 0.15) is 22.8 Å². The van der Waals surface area contributed by atoms with Gasteiger partial charge in [0.25, 0.3) is 0 Å². The first kappa shape index (κ1) is 42.7. The van der Waals surface area contributed by atoms with Gasteiger partial charge < -0.3 is 30.8 Å². The number of hydrogen-bond donors (Lipinski definition) is 0. The minimum absolute atomic E-state index is 0. The molecule has 0 bridgehead atoms. The molecule has 0 atom stereocenters. The van der Waals surface area contributed by atoms with Crippen LogP contribution in [0.25, 0.3) is 67.8 Å². The smallest absolute Gasteiger partial charge is 0.107 e. The summed E-state index contributed by atoms with van der Waals surface area (Å²) in [5, 5.41) is 22.0. The van der Waals surface area contributed by atoms with E-state index in [-0.39, 0.29) is 53.2 Å². The summed E-state index contributed by atoms with van der Waals surface area (Å²) in [5.41, 5.74) is 8.60. The Morgan fingerprint density at radius 2 is 0.632 bits per heavy atom. The molecule has 0 N–H and O–H groups in total. The first-order valence-corrected chi connectivity index (χ1v) is 16.1. The number of aromatic carboxylic acids is 2. The van der Waals surface area contributed by atoms with Crippen LogP contribution in [0.15, 0.2) is 147 Å². The van der Waals surface area contributed by atoms with Crippen LogP contribution < -0.4 is 10.2 Å². The van der Waals surface area contributed by atoms with Crippen LogP contribution in [0, 0.1) is 31.1 Å². The van der Waals surface area contributed by atoms with Crippen molar-refractivity contribution in [2.24, 2.45) is 0 Å². The Balaban J connectivity index is 0.000000240. The molecule has 8 rings (SSSR count). The average Bonchev–Trinajstić information content (AvgIpc) is 3.25. The number of carbonyl (C=O) groups is 2. The van der Waals surface area contributed by atoms with Crippen LogP contribution in [-0.4, -0.2) is 61.8 Å². The Hall–Kier alpha value is -7.03. The zero-order chi connectivity index (χ0) is 37.3. The Morgan fingerprint density at radius 3 is 0.842 bits per heavy atom. The molecule has 57 heavy (non-hydrogen) atoms. The Morgan fingerprint density at radius 1 is 0.368 bits per heavy atom. The first-order valence-electron chi connectivity index (χ1n) is 16.1. The monoisotopic (exact) mass is 978 g/mol. The molecule has 0 saturated carbocycles. The molecular weight excluding hydrogens is 955 g/mol. The van der Waals surface area contributed by atoms with Crippen molar-refractivity contribution in [3.05, 3.63) is 158 Å². The number of rotatable bonds is 8. The second kappa shape index (κ2) is 20.1. The summed E-state index contributed by atoms with van der Waals surface area (Å²) in [4.78, 5) is 64.8. The summed E-state index contributed by atoms with van der Waals surface area (Å²) < 4.78 is 0. The van der Waals surface area contributed by atoms with Gasteiger partial charge in [-0.25, -0.2) is 9.97 Å². The van der Waals surface area contributed by atoms with Crippen LogP contribution in [0.3, 0.4) is 0 Å². The van der Waals surface area contributed by atoms with E-state index in [1.807, 2.05) is 24.3 Å². The summed E-state index contributed by atoms with van der Waals surface area (Å²) in [6, 6.07) is 20.4. The van der Waals surface area contributed by atoms with Crippen LogP contribution >= 0.6 is 0 Å². The number of pyridine rings is 2. The van der Waals surface area contributed by atoms with Gasteiger partial charge in [0.15, 0.2) is 0 Å². The van der Waals surface area contributed by atoms with Crippen molar-refractivity contribution >= 4 is 11.9 Å². The van der Waals surface area contributed by atoms with Gasteiger partial charge in [-0.05, 0) is 57.6 Å². The molecule has 0 amide bonds. The maximum atomic E-state index is 11.0. The fourth-order valence-electron chi connectivity index (χ4n) is 5.24. The number of carbonyl (C=O) groups excluding carboxylic acids is 2. The van der Waals surface area contributed by atoms with Crippen molar-refractivity contribution in [1.82, 2.24) is 49.8 Å². The van der Waals surface area contributed by atoms with Crippen LogP contribution in [0.5, 0.6) is 0 Å². The van der Waals surface area contributed by atoms with E-state index in [1.165, 1.54) is 24.3 Å². The van der Waals surface area contributed by atoms with Gasteiger partial charge >= 0.3 is 0 Å². The van der Waals surface area contributed by atoms with Gasteiger partial charge in [-0.3, -0.25) is 39.9 Å². The predicted octanol–water partition coefficient (Wildman–Crippen LogP) is 3.81. The Labute approximate surface area is 348 Å². The third-order valence-electron chi connectivity index (χ3n) is 7.86. The summed E-state index contributed by atoms with van der Waals surface area (Å²) >= 11 is 0. The van der Waals surface area contributed by atoms with Crippen LogP contribution in [0.2, 0.25) is 0 Å². The summed E-state index contributed by atoms with van der Waals surface area (Å²) in [6.45, 7) is 0. The summed E-state index contributed by atoms with van der Waals surface area (Å²) in [7, 11) is 0. The Kier molecular flexibility index (Phi) is 15.0. The van der Waals surface area contributed by atoms with Gasteiger partial charge in [0.2, 0.25) is 0 Å². The van der Waals surface area contributed by atoms with E-state index in [4.69, 9.17) is 0 Å². The van der Waals surface area contributed by atoms with Crippen molar-refractivity contribution in [3.8, 4) is 67.8 Å². The number of nitrogens with zero attached hydrogens (tertiary/aromatic N) is 10. The van der Waals surface area contributed by atoms with Crippen molar-refractivity contribution in [2.45, 2.75) is 0 Å². The first-order chi connectivity index (χ1) is 26.4. The molecule has 0 unspecified atom stereocenters.